The predicted octanol–water partition coefficient (Wildman–Crippen LogP) is 2.40. The van der Waals surface area contributed by atoms with Crippen molar-refractivity contribution in [3.63, 3.8) is 0 Å². The smallest absolute Gasteiger partial charge is 0.160 e. The maximum Gasteiger partial charge on any atom is 0.160 e. The molecule has 0 N–H and O–H groups in total. The third kappa shape index (κ3) is 2.16. The molecule has 1 rings (SSSR count). The van der Waals surface area contributed by atoms with Crippen LogP contribution in [0.4, 0.5) is 0 Å². The van der Waals surface area contributed by atoms with Crippen LogP contribution in [0.15, 0.2) is 35.8 Å². The van der Waals surface area contributed by atoms with Gasteiger partial charge in [-0.05, 0) is 25.5 Å². The van der Waals surface area contributed by atoms with Crippen molar-refractivity contribution < 1.29 is 9.47 Å². The van der Waals surface area contributed by atoms with Gasteiger partial charge in [0.05, 0.1) is 13.7 Å². The fourth-order valence-corrected chi connectivity index (χ4v) is 1.05. The summed E-state index contributed by atoms with van der Waals surface area (Å²) in [5, 5.41) is 0. The molecule has 0 radical (unpaired) electrons. The van der Waals surface area contributed by atoms with E-state index in [1.165, 1.54) is 0 Å². The summed E-state index contributed by atoms with van der Waals surface area (Å²) in [5.41, 5.74) is 0. The first-order valence-corrected chi connectivity index (χ1v) is 4.12. The molecule has 0 aromatic heterocycles. The highest BCUT2D eigenvalue weighted by Gasteiger charge is 2.05. The minimum absolute atomic E-state index is 0.673. The van der Waals surface area contributed by atoms with Crippen molar-refractivity contribution in [2.45, 2.75) is 13.3 Å². The molecule has 0 heterocycles. The molecule has 12 heavy (non-hydrogen) atoms. The summed E-state index contributed by atoms with van der Waals surface area (Å²) in [6, 6.07) is 0. The van der Waals surface area contributed by atoms with Crippen LogP contribution in [0.2, 0.25) is 0 Å². The lowest BCUT2D eigenvalue weighted by Crippen LogP contribution is -1.97. The van der Waals surface area contributed by atoms with Crippen molar-refractivity contribution in [1.82, 2.24) is 0 Å². The van der Waals surface area contributed by atoms with Gasteiger partial charge in [0.15, 0.2) is 11.5 Å². The Labute approximate surface area is 73.2 Å². The lowest BCUT2D eigenvalue weighted by molar-refractivity contribution is 0.186. The van der Waals surface area contributed by atoms with Crippen molar-refractivity contribution in [3.8, 4) is 0 Å². The van der Waals surface area contributed by atoms with E-state index in [1.54, 1.807) is 7.11 Å². The van der Waals surface area contributed by atoms with Gasteiger partial charge in [-0.25, -0.2) is 0 Å². The summed E-state index contributed by atoms with van der Waals surface area (Å²) in [4.78, 5) is 0. The highest BCUT2D eigenvalue weighted by molar-refractivity contribution is 5.28. The maximum atomic E-state index is 5.39. The molecular weight excluding hydrogens is 152 g/mol. The zero-order chi connectivity index (χ0) is 8.81. The highest BCUT2D eigenvalue weighted by Crippen LogP contribution is 2.16. The first-order valence-electron chi connectivity index (χ1n) is 4.12. The molecule has 0 bridgehead atoms. The Bertz CT molecular complexity index is 224. The van der Waals surface area contributed by atoms with Crippen LogP contribution >= 0.6 is 0 Å². The third-order valence-electron chi connectivity index (χ3n) is 1.59. The normalized spacial score (nSPS) is 16.2. The van der Waals surface area contributed by atoms with E-state index in [0.29, 0.717) is 6.61 Å². The molecule has 2 nitrogen and oxygen atoms in total. The Kier molecular flexibility index (Phi) is 3.45. The average Bonchev–Trinajstić information content (AvgIpc) is 2.30. The summed E-state index contributed by atoms with van der Waals surface area (Å²) >= 11 is 0. The molecule has 0 aliphatic heterocycles. The number of hydrogen-bond acceptors (Lipinski definition) is 2. The van der Waals surface area contributed by atoms with Crippen LogP contribution in [0.1, 0.15) is 13.3 Å². The summed E-state index contributed by atoms with van der Waals surface area (Å²) in [6.45, 7) is 2.64. The van der Waals surface area contributed by atoms with E-state index in [9.17, 15) is 0 Å². The molecule has 0 fully saturated rings. The summed E-state index contributed by atoms with van der Waals surface area (Å²) in [6.07, 6.45) is 8.86. The molecule has 0 unspecified atom stereocenters. The van der Waals surface area contributed by atoms with E-state index >= 15 is 0 Å². The van der Waals surface area contributed by atoms with Crippen molar-refractivity contribution in [1.29, 1.82) is 0 Å². The molecule has 0 saturated carbocycles. The minimum Gasteiger partial charge on any atom is -0.493 e. The number of allylic oxidation sites excluding steroid dienone is 4. The number of methoxy groups -OCH3 is 1. The van der Waals surface area contributed by atoms with Crippen molar-refractivity contribution in [2.24, 2.45) is 0 Å². The predicted molar refractivity (Wildman–Crippen MR) is 48.6 cm³/mol. The second-order valence-electron chi connectivity index (χ2n) is 2.40. The van der Waals surface area contributed by atoms with E-state index < -0.39 is 0 Å². The molecule has 0 atom stereocenters. The SMILES string of the molecule is CCOC1=CCC=CC=C1OC. The fourth-order valence-electron chi connectivity index (χ4n) is 1.05. The average molecular weight is 166 g/mol. The van der Waals surface area contributed by atoms with Crippen molar-refractivity contribution in [3.05, 3.63) is 35.8 Å². The molecule has 66 valence electrons. The lowest BCUT2D eigenvalue weighted by atomic mass is 10.3. The number of ether oxygens (including phenoxy) is 2. The molecule has 0 aromatic carbocycles. The first kappa shape index (κ1) is 8.91. The largest absolute Gasteiger partial charge is 0.493 e. The quantitative estimate of drug-likeness (QED) is 0.641. The zero-order valence-electron chi connectivity index (χ0n) is 7.54. The van der Waals surface area contributed by atoms with E-state index in [2.05, 4.69) is 6.08 Å². The van der Waals surface area contributed by atoms with Gasteiger partial charge in [-0.2, -0.15) is 0 Å². The van der Waals surface area contributed by atoms with Gasteiger partial charge in [0.1, 0.15) is 0 Å². The van der Waals surface area contributed by atoms with Crippen molar-refractivity contribution >= 4 is 0 Å². The van der Waals surface area contributed by atoms with Crippen LogP contribution in [-0.4, -0.2) is 13.7 Å². The van der Waals surface area contributed by atoms with E-state index in [1.807, 2.05) is 25.2 Å². The molecule has 0 amide bonds. The minimum atomic E-state index is 0.673. The monoisotopic (exact) mass is 166 g/mol. The molecule has 1 aliphatic rings. The van der Waals surface area contributed by atoms with Crippen LogP contribution in [0.3, 0.4) is 0 Å². The second-order valence-corrected chi connectivity index (χ2v) is 2.40. The van der Waals surface area contributed by atoms with Gasteiger partial charge >= 0.3 is 0 Å². The van der Waals surface area contributed by atoms with Gasteiger partial charge in [0.2, 0.25) is 0 Å². The topological polar surface area (TPSA) is 18.5 Å². The Hall–Kier alpha value is -1.18. The van der Waals surface area contributed by atoms with E-state index in [-0.39, 0.29) is 0 Å². The fraction of sp³-hybridized carbons (Fsp3) is 0.400. The Morgan fingerprint density at radius 2 is 2.25 bits per heavy atom. The Morgan fingerprint density at radius 1 is 1.42 bits per heavy atom. The number of hydrogen-bond donors (Lipinski definition) is 0. The van der Waals surface area contributed by atoms with E-state index in [4.69, 9.17) is 9.47 Å². The first-order chi connectivity index (χ1) is 5.88. The van der Waals surface area contributed by atoms with Crippen LogP contribution in [0.25, 0.3) is 0 Å². The summed E-state index contributed by atoms with van der Waals surface area (Å²) in [7, 11) is 1.65. The van der Waals surface area contributed by atoms with Crippen LogP contribution in [0.5, 0.6) is 0 Å². The van der Waals surface area contributed by atoms with Crippen molar-refractivity contribution in [2.75, 3.05) is 13.7 Å². The molecular formula is C10H14O2. The molecule has 0 saturated heterocycles. The van der Waals surface area contributed by atoms with Gasteiger partial charge in [-0.1, -0.05) is 12.2 Å². The van der Waals surface area contributed by atoms with E-state index in [0.717, 1.165) is 17.9 Å². The summed E-state index contributed by atoms with van der Waals surface area (Å²) in [5.74, 6) is 1.63. The Balaban J connectivity index is 2.74. The molecule has 0 spiro atoms. The standard InChI is InChI=1S/C10H14O2/c1-3-12-10-8-6-4-5-7-9(10)11-2/h4-5,7-8H,3,6H2,1-2H3. The Morgan fingerprint density at radius 3 is 2.92 bits per heavy atom. The second kappa shape index (κ2) is 4.65. The van der Waals surface area contributed by atoms with Gasteiger partial charge in [-0.3, -0.25) is 0 Å². The lowest BCUT2D eigenvalue weighted by Gasteiger charge is -2.09. The third-order valence-corrected chi connectivity index (χ3v) is 1.59. The maximum absolute atomic E-state index is 5.39. The van der Waals surface area contributed by atoms with Gasteiger partial charge < -0.3 is 9.47 Å². The van der Waals surface area contributed by atoms with Crippen LogP contribution in [-0.2, 0) is 9.47 Å². The van der Waals surface area contributed by atoms with Crippen LogP contribution in [0, 0.1) is 0 Å². The van der Waals surface area contributed by atoms with Gasteiger partial charge in [0.25, 0.3) is 0 Å². The molecule has 0 aromatic rings. The van der Waals surface area contributed by atoms with Crippen LogP contribution < -0.4 is 0 Å². The number of rotatable bonds is 3. The highest BCUT2D eigenvalue weighted by atomic mass is 16.5. The molecule has 2 heteroatoms. The molecule has 1 aliphatic carbocycles. The summed E-state index contributed by atoms with van der Waals surface area (Å²) < 4.78 is 10.5. The van der Waals surface area contributed by atoms with Gasteiger partial charge in [-0.15, -0.1) is 0 Å². The van der Waals surface area contributed by atoms with Gasteiger partial charge in [0, 0.05) is 0 Å². The zero-order valence-corrected chi connectivity index (χ0v) is 7.54.